The van der Waals surface area contributed by atoms with Crippen molar-refractivity contribution in [2.24, 2.45) is 5.73 Å². The van der Waals surface area contributed by atoms with E-state index in [0.29, 0.717) is 0 Å². The Morgan fingerprint density at radius 1 is 1.10 bits per heavy atom. The van der Waals surface area contributed by atoms with Gasteiger partial charge in [0.15, 0.2) is 0 Å². The van der Waals surface area contributed by atoms with E-state index in [-0.39, 0.29) is 5.54 Å². The smallest absolute Gasteiger partial charge is 0.0594 e. The molecule has 1 atom stereocenters. The largest absolute Gasteiger partial charge is 0.379 e. The van der Waals surface area contributed by atoms with Gasteiger partial charge in [-0.05, 0) is 12.0 Å². The highest BCUT2D eigenvalue weighted by Crippen LogP contribution is 2.29. The van der Waals surface area contributed by atoms with Gasteiger partial charge in [0.25, 0.3) is 0 Å². The van der Waals surface area contributed by atoms with Crippen molar-refractivity contribution in [1.82, 2.24) is 9.80 Å². The van der Waals surface area contributed by atoms with E-state index in [1.54, 1.807) is 0 Å². The molecule has 2 aliphatic rings. The van der Waals surface area contributed by atoms with Crippen LogP contribution in [0.1, 0.15) is 12.0 Å². The molecule has 0 radical (unpaired) electrons. The molecule has 4 heteroatoms. The SMILES string of the molecule is NCC1(N2CCOCC2)CCN(Cc2ccccc2)C1. The van der Waals surface area contributed by atoms with Gasteiger partial charge in [-0.1, -0.05) is 30.3 Å². The van der Waals surface area contributed by atoms with E-state index in [1.165, 1.54) is 12.0 Å². The standard InChI is InChI=1S/C16H25N3O/c17-13-16(19-8-10-20-11-9-19)6-7-18(14-16)12-15-4-2-1-3-5-15/h1-5H,6-14,17H2. The summed E-state index contributed by atoms with van der Waals surface area (Å²) in [6, 6.07) is 10.7. The summed E-state index contributed by atoms with van der Waals surface area (Å²) in [5.41, 5.74) is 7.70. The molecule has 4 nitrogen and oxygen atoms in total. The van der Waals surface area contributed by atoms with E-state index in [1.807, 2.05) is 0 Å². The van der Waals surface area contributed by atoms with Crippen molar-refractivity contribution in [2.75, 3.05) is 45.9 Å². The van der Waals surface area contributed by atoms with Crippen molar-refractivity contribution in [2.45, 2.75) is 18.5 Å². The minimum Gasteiger partial charge on any atom is -0.379 e. The Labute approximate surface area is 121 Å². The second kappa shape index (κ2) is 6.22. The minimum atomic E-state index is 0.165. The lowest BCUT2D eigenvalue weighted by Gasteiger charge is -2.42. The molecule has 20 heavy (non-hydrogen) atoms. The summed E-state index contributed by atoms with van der Waals surface area (Å²) in [5.74, 6) is 0. The second-order valence-corrected chi connectivity index (χ2v) is 5.97. The molecule has 1 aromatic rings. The molecule has 0 saturated carbocycles. The van der Waals surface area contributed by atoms with E-state index < -0.39 is 0 Å². The molecule has 3 rings (SSSR count). The number of hydrogen-bond acceptors (Lipinski definition) is 4. The van der Waals surface area contributed by atoms with Gasteiger partial charge < -0.3 is 10.5 Å². The Balaban J connectivity index is 1.64. The molecule has 2 heterocycles. The van der Waals surface area contributed by atoms with E-state index in [9.17, 15) is 0 Å². The van der Waals surface area contributed by atoms with E-state index in [0.717, 1.165) is 52.5 Å². The van der Waals surface area contributed by atoms with E-state index in [2.05, 4.69) is 40.1 Å². The van der Waals surface area contributed by atoms with Gasteiger partial charge in [0.2, 0.25) is 0 Å². The zero-order valence-corrected chi connectivity index (χ0v) is 12.1. The minimum absolute atomic E-state index is 0.165. The van der Waals surface area contributed by atoms with Crippen molar-refractivity contribution < 1.29 is 4.74 Å². The Bertz CT molecular complexity index is 419. The van der Waals surface area contributed by atoms with Gasteiger partial charge in [-0.15, -0.1) is 0 Å². The molecule has 0 aliphatic carbocycles. The maximum absolute atomic E-state index is 6.15. The molecule has 0 aromatic heterocycles. The van der Waals surface area contributed by atoms with Crippen LogP contribution in [0.2, 0.25) is 0 Å². The van der Waals surface area contributed by atoms with E-state index >= 15 is 0 Å². The molecule has 0 bridgehead atoms. The highest BCUT2D eigenvalue weighted by atomic mass is 16.5. The fourth-order valence-electron chi connectivity index (χ4n) is 3.51. The van der Waals surface area contributed by atoms with Crippen LogP contribution >= 0.6 is 0 Å². The summed E-state index contributed by atoms with van der Waals surface area (Å²) in [6.45, 7) is 7.75. The average molecular weight is 275 g/mol. The Morgan fingerprint density at radius 2 is 1.85 bits per heavy atom. The quantitative estimate of drug-likeness (QED) is 0.887. The first-order chi connectivity index (χ1) is 9.82. The lowest BCUT2D eigenvalue weighted by Crippen LogP contribution is -2.58. The maximum atomic E-state index is 6.15. The van der Waals surface area contributed by atoms with Crippen LogP contribution in [0.5, 0.6) is 0 Å². The monoisotopic (exact) mass is 275 g/mol. The topological polar surface area (TPSA) is 41.7 Å². The van der Waals surface area contributed by atoms with Crippen LogP contribution in [-0.4, -0.2) is 61.3 Å². The molecule has 0 amide bonds. The Kier molecular flexibility index (Phi) is 4.36. The second-order valence-electron chi connectivity index (χ2n) is 5.97. The van der Waals surface area contributed by atoms with Crippen LogP contribution in [0, 0.1) is 0 Å². The van der Waals surface area contributed by atoms with Crippen molar-refractivity contribution in [3.8, 4) is 0 Å². The van der Waals surface area contributed by atoms with Gasteiger partial charge in [0.1, 0.15) is 0 Å². The van der Waals surface area contributed by atoms with Crippen LogP contribution in [0.4, 0.5) is 0 Å². The number of hydrogen-bond donors (Lipinski definition) is 1. The molecule has 2 N–H and O–H groups in total. The van der Waals surface area contributed by atoms with Crippen molar-refractivity contribution >= 4 is 0 Å². The summed E-state index contributed by atoms with van der Waals surface area (Å²) in [6.07, 6.45) is 1.18. The molecule has 2 saturated heterocycles. The summed E-state index contributed by atoms with van der Waals surface area (Å²) >= 11 is 0. The number of likely N-dealkylation sites (tertiary alicyclic amines) is 1. The third-order valence-corrected chi connectivity index (χ3v) is 4.72. The number of ether oxygens (including phenoxy) is 1. The van der Waals surface area contributed by atoms with Crippen LogP contribution in [0.15, 0.2) is 30.3 Å². The lowest BCUT2D eigenvalue weighted by molar-refractivity contribution is -0.0164. The molecule has 0 spiro atoms. The van der Waals surface area contributed by atoms with Crippen LogP contribution in [-0.2, 0) is 11.3 Å². The average Bonchev–Trinajstić information content (AvgIpc) is 2.94. The van der Waals surface area contributed by atoms with Gasteiger partial charge >= 0.3 is 0 Å². The number of benzene rings is 1. The van der Waals surface area contributed by atoms with Gasteiger partial charge in [0.05, 0.1) is 13.2 Å². The summed E-state index contributed by atoms with van der Waals surface area (Å²) in [5, 5.41) is 0. The fourth-order valence-corrected chi connectivity index (χ4v) is 3.51. The predicted molar refractivity (Wildman–Crippen MR) is 80.5 cm³/mol. The number of rotatable bonds is 4. The molecular formula is C16H25N3O. The van der Waals surface area contributed by atoms with E-state index in [4.69, 9.17) is 10.5 Å². The number of nitrogens with zero attached hydrogens (tertiary/aromatic N) is 2. The lowest BCUT2D eigenvalue weighted by atomic mass is 9.95. The zero-order chi connectivity index (χ0) is 13.8. The number of nitrogens with two attached hydrogens (primary N) is 1. The molecule has 2 fully saturated rings. The summed E-state index contributed by atoms with van der Waals surface area (Å²) in [4.78, 5) is 5.10. The first-order valence-electron chi connectivity index (χ1n) is 7.62. The molecule has 2 aliphatic heterocycles. The third kappa shape index (κ3) is 2.88. The molecule has 110 valence electrons. The molecule has 1 unspecified atom stereocenters. The Hall–Kier alpha value is -0.940. The van der Waals surface area contributed by atoms with Crippen molar-refractivity contribution in [3.05, 3.63) is 35.9 Å². The maximum Gasteiger partial charge on any atom is 0.0594 e. The van der Waals surface area contributed by atoms with Crippen LogP contribution < -0.4 is 5.73 Å². The van der Waals surface area contributed by atoms with Gasteiger partial charge in [0, 0.05) is 44.8 Å². The molecular weight excluding hydrogens is 250 g/mol. The highest BCUT2D eigenvalue weighted by molar-refractivity contribution is 5.15. The summed E-state index contributed by atoms with van der Waals surface area (Å²) < 4.78 is 5.48. The fraction of sp³-hybridized carbons (Fsp3) is 0.625. The van der Waals surface area contributed by atoms with Gasteiger partial charge in [-0.25, -0.2) is 0 Å². The third-order valence-electron chi connectivity index (χ3n) is 4.72. The van der Waals surface area contributed by atoms with Crippen molar-refractivity contribution in [1.29, 1.82) is 0 Å². The van der Waals surface area contributed by atoms with Gasteiger partial charge in [-0.3, -0.25) is 9.80 Å². The van der Waals surface area contributed by atoms with Crippen molar-refractivity contribution in [3.63, 3.8) is 0 Å². The first-order valence-corrected chi connectivity index (χ1v) is 7.62. The Morgan fingerprint density at radius 3 is 2.55 bits per heavy atom. The van der Waals surface area contributed by atoms with Crippen LogP contribution in [0.25, 0.3) is 0 Å². The molecule has 1 aromatic carbocycles. The normalized spacial score (nSPS) is 28.9. The predicted octanol–water partition coefficient (Wildman–Crippen LogP) is 0.922. The van der Waals surface area contributed by atoms with Gasteiger partial charge in [-0.2, -0.15) is 0 Å². The first kappa shape index (κ1) is 14.0. The number of morpholine rings is 1. The highest BCUT2D eigenvalue weighted by Gasteiger charge is 2.42. The van der Waals surface area contributed by atoms with Crippen LogP contribution in [0.3, 0.4) is 0 Å². The summed E-state index contributed by atoms with van der Waals surface area (Å²) in [7, 11) is 0. The zero-order valence-electron chi connectivity index (χ0n) is 12.1.